The van der Waals surface area contributed by atoms with Gasteiger partial charge in [-0.15, -0.1) is 0 Å². The van der Waals surface area contributed by atoms with Gasteiger partial charge in [0.05, 0.1) is 26.4 Å². The molecule has 3 N–H and O–H groups in total. The van der Waals surface area contributed by atoms with Crippen molar-refractivity contribution in [3.63, 3.8) is 0 Å². The molecule has 0 saturated carbocycles. The molecule has 0 spiro atoms. The number of allylic oxidation sites excluding steroid dienone is 22. The lowest BCUT2D eigenvalue weighted by Crippen LogP contribution is -2.30. The molecule has 0 amide bonds. The largest absolute Gasteiger partial charge is 0.472 e. The molecule has 0 bridgehead atoms. The maximum atomic E-state index is 13.1. The predicted molar refractivity (Wildman–Crippen MR) is 399 cm³/mol. The first-order valence-corrected chi connectivity index (χ1v) is 40.4. The summed E-state index contributed by atoms with van der Waals surface area (Å²) >= 11 is 0. The first-order chi connectivity index (χ1) is 47.7. The molecule has 0 saturated heterocycles. The third-order valence-corrected chi connectivity index (χ3v) is 17.0. The van der Waals surface area contributed by atoms with Crippen LogP contribution in [0.25, 0.3) is 0 Å². The highest BCUT2D eigenvalue weighted by atomic mass is 31.2. The summed E-state index contributed by atoms with van der Waals surface area (Å²) in [5.74, 6) is -2.26. The summed E-state index contributed by atoms with van der Waals surface area (Å²) in [6.45, 7) is 4.44. The zero-order valence-electron chi connectivity index (χ0n) is 60.9. The number of unbranched alkanes of at least 4 members (excludes halogenated alkanes) is 21. The molecular weight excluding hydrogens is 1280 g/mol. The van der Waals surface area contributed by atoms with Gasteiger partial charge in [0.1, 0.15) is 19.3 Å². The van der Waals surface area contributed by atoms with E-state index in [4.69, 9.17) is 37.0 Å². The third-order valence-electron chi connectivity index (χ3n) is 15.1. The van der Waals surface area contributed by atoms with Gasteiger partial charge in [-0.2, -0.15) is 0 Å². The Morgan fingerprint density at radius 3 is 0.878 bits per heavy atom. The van der Waals surface area contributed by atoms with Crippen LogP contribution in [0.2, 0.25) is 0 Å². The van der Waals surface area contributed by atoms with Crippen molar-refractivity contribution in [3.8, 4) is 0 Å². The van der Waals surface area contributed by atoms with Crippen LogP contribution >= 0.6 is 15.6 Å². The van der Waals surface area contributed by atoms with Gasteiger partial charge in [-0.25, -0.2) is 9.13 Å². The maximum absolute atomic E-state index is 13.1. The Kier molecular flexibility index (Phi) is 67.2. The molecule has 0 radical (unpaired) electrons. The molecule has 0 aromatic heterocycles. The molecule has 0 aliphatic carbocycles. The van der Waals surface area contributed by atoms with Crippen LogP contribution in [0.5, 0.6) is 0 Å². The molecule has 560 valence electrons. The average Bonchev–Trinajstić information content (AvgIpc) is 0.972. The molecule has 0 aliphatic heterocycles. The zero-order valence-corrected chi connectivity index (χ0v) is 62.7. The first kappa shape index (κ1) is 93.2. The van der Waals surface area contributed by atoms with Crippen LogP contribution in [0.4, 0.5) is 0 Å². The van der Waals surface area contributed by atoms with E-state index in [-0.39, 0.29) is 25.7 Å². The van der Waals surface area contributed by atoms with Crippen molar-refractivity contribution in [2.45, 2.75) is 303 Å². The van der Waals surface area contributed by atoms with Crippen molar-refractivity contribution < 1.29 is 80.2 Å². The van der Waals surface area contributed by atoms with Crippen LogP contribution in [0.15, 0.2) is 134 Å². The van der Waals surface area contributed by atoms with Crippen LogP contribution in [-0.4, -0.2) is 96.7 Å². The third kappa shape index (κ3) is 69.7. The molecule has 5 unspecified atom stereocenters. The minimum Gasteiger partial charge on any atom is -0.462 e. The van der Waals surface area contributed by atoms with E-state index in [1.165, 1.54) is 12.8 Å². The minimum absolute atomic E-state index is 0.0673. The smallest absolute Gasteiger partial charge is 0.462 e. The Balaban J connectivity index is 5.37. The van der Waals surface area contributed by atoms with E-state index < -0.39 is 97.5 Å². The van der Waals surface area contributed by atoms with Gasteiger partial charge >= 0.3 is 39.5 Å². The van der Waals surface area contributed by atoms with Crippen molar-refractivity contribution in [1.82, 2.24) is 0 Å². The molecule has 98 heavy (non-hydrogen) atoms. The van der Waals surface area contributed by atoms with E-state index in [0.717, 1.165) is 193 Å². The van der Waals surface area contributed by atoms with E-state index in [1.807, 2.05) is 0 Å². The maximum Gasteiger partial charge on any atom is 0.472 e. The van der Waals surface area contributed by atoms with Crippen LogP contribution < -0.4 is 0 Å². The van der Waals surface area contributed by atoms with Gasteiger partial charge in [0.15, 0.2) is 12.2 Å². The van der Waals surface area contributed by atoms with Crippen LogP contribution in [0.3, 0.4) is 0 Å². The highest BCUT2D eigenvalue weighted by Crippen LogP contribution is 2.45. The number of carbonyl (C=O) groups excluding carboxylic acids is 4. The number of rotatable bonds is 69. The summed E-state index contributed by atoms with van der Waals surface area (Å²) in [5, 5.41) is 10.6. The van der Waals surface area contributed by atoms with Gasteiger partial charge in [-0.3, -0.25) is 37.3 Å². The second-order valence-corrected chi connectivity index (χ2v) is 27.4. The Hall–Kier alpha value is -4.80. The number of aliphatic hydroxyl groups excluding tert-OH is 1. The van der Waals surface area contributed by atoms with E-state index in [2.05, 4.69) is 161 Å². The van der Waals surface area contributed by atoms with E-state index in [9.17, 15) is 43.2 Å². The number of hydrogen-bond acceptors (Lipinski definition) is 15. The Bertz CT molecular complexity index is 2380. The van der Waals surface area contributed by atoms with Crippen LogP contribution in [0, 0.1) is 0 Å². The van der Waals surface area contributed by atoms with Gasteiger partial charge in [0, 0.05) is 25.7 Å². The lowest BCUT2D eigenvalue weighted by Gasteiger charge is -2.21. The quantitative estimate of drug-likeness (QED) is 0.0169. The number of esters is 4. The number of aliphatic hydroxyl groups is 1. The molecule has 0 heterocycles. The summed E-state index contributed by atoms with van der Waals surface area (Å²) in [7, 11) is -9.97. The molecule has 19 heteroatoms. The molecule has 5 atom stereocenters. The van der Waals surface area contributed by atoms with Gasteiger partial charge < -0.3 is 33.8 Å². The van der Waals surface area contributed by atoms with Gasteiger partial charge in [-0.1, -0.05) is 245 Å². The van der Waals surface area contributed by atoms with E-state index in [1.54, 1.807) is 0 Å². The zero-order chi connectivity index (χ0) is 71.8. The van der Waals surface area contributed by atoms with Crippen molar-refractivity contribution in [2.75, 3.05) is 39.6 Å². The van der Waals surface area contributed by atoms with E-state index in [0.29, 0.717) is 25.7 Å². The Morgan fingerprint density at radius 1 is 0.296 bits per heavy atom. The molecule has 0 fully saturated rings. The number of phosphoric ester groups is 2. The second-order valence-electron chi connectivity index (χ2n) is 24.5. The lowest BCUT2D eigenvalue weighted by molar-refractivity contribution is -0.161. The molecule has 0 rings (SSSR count). The monoisotopic (exact) mass is 1410 g/mol. The number of carbonyl (C=O) groups is 4. The average molecular weight is 1420 g/mol. The second kappa shape index (κ2) is 70.6. The predicted octanol–water partition coefficient (Wildman–Crippen LogP) is 21.3. The van der Waals surface area contributed by atoms with Gasteiger partial charge in [-0.05, 0) is 148 Å². The van der Waals surface area contributed by atoms with Crippen molar-refractivity contribution in [3.05, 3.63) is 134 Å². The fourth-order valence-electron chi connectivity index (χ4n) is 9.40. The molecule has 0 aliphatic rings. The fraction of sp³-hybridized carbons (Fsp3) is 0.671. The SMILES string of the molecule is CC/C=C\C/C=C\C/C=C\C/C=C\C/C=C\CCCCCC(=O)OCC(COP(=O)(O)OCC(O)COP(=O)(O)OCC(COC(=O)CCCCCCC/C=C\C/C=C\C/C=C\CC)OC(=O)CCCCCCC/C=C\CCCC)OC(=O)CCCCCCC/C=C\C/C=C\CCC. The Morgan fingerprint density at radius 2 is 0.551 bits per heavy atom. The standard InChI is InChI=1S/C79H132O17P2/c1-5-9-13-17-21-25-29-32-34-35-36-37-39-42-45-48-52-56-60-64-77(82)90-70-75(96-79(84)66-62-58-54-50-46-40-31-27-23-19-15-11-7-3)72-94-98(87,88)92-68-73(80)67-91-97(85,86)93-71-74(95-78(83)65-61-57-53-49-43-28-24-20-16-12-8-4)69-89-76(81)63-59-55-51-47-44-41-38-33-30-26-22-18-14-10-6-2/h9-10,13-15,19-22,24-27,31-34,36-38,42,45,73-75,80H,5-8,11-12,16-18,23,28-30,35,39-41,43-44,46-72H2,1-4H3,(H,85,86)(H,87,88)/b13-9-,14-10-,19-15-,24-20-,25-21-,26-22-,31-27-,34-32-,37-36-,38-33-,45-42-. The highest BCUT2D eigenvalue weighted by molar-refractivity contribution is 7.47. The first-order valence-electron chi connectivity index (χ1n) is 37.4. The lowest BCUT2D eigenvalue weighted by atomic mass is 10.1. The Labute approximate surface area is 593 Å². The van der Waals surface area contributed by atoms with Gasteiger partial charge in [0.25, 0.3) is 0 Å². The molecule has 0 aromatic carbocycles. The molecule has 0 aromatic rings. The summed E-state index contributed by atoms with van der Waals surface area (Å²) in [6.07, 6.45) is 77.4. The van der Waals surface area contributed by atoms with Gasteiger partial charge in [0.2, 0.25) is 0 Å². The summed E-state index contributed by atoms with van der Waals surface area (Å²) < 4.78 is 68.3. The molecule has 17 nitrogen and oxygen atoms in total. The van der Waals surface area contributed by atoms with E-state index >= 15 is 0 Å². The normalized spacial score (nSPS) is 14.7. The van der Waals surface area contributed by atoms with Crippen LogP contribution in [-0.2, 0) is 65.4 Å². The highest BCUT2D eigenvalue weighted by Gasteiger charge is 2.30. The minimum atomic E-state index is -4.99. The number of phosphoric acid groups is 2. The molecular formula is C79H132O17P2. The summed E-state index contributed by atoms with van der Waals surface area (Å²) in [6, 6.07) is 0. The van der Waals surface area contributed by atoms with Crippen molar-refractivity contribution >= 4 is 39.5 Å². The van der Waals surface area contributed by atoms with Crippen LogP contribution in [0.1, 0.15) is 285 Å². The van der Waals surface area contributed by atoms with Crippen molar-refractivity contribution in [1.29, 1.82) is 0 Å². The fourth-order valence-corrected chi connectivity index (χ4v) is 11.0. The van der Waals surface area contributed by atoms with Crippen molar-refractivity contribution in [2.24, 2.45) is 0 Å². The number of hydrogen-bond donors (Lipinski definition) is 3. The summed E-state index contributed by atoms with van der Waals surface area (Å²) in [4.78, 5) is 72.7. The topological polar surface area (TPSA) is 237 Å². The summed E-state index contributed by atoms with van der Waals surface area (Å²) in [5.41, 5.74) is 0. The number of ether oxygens (including phenoxy) is 4.